The molecule has 0 fully saturated rings. The third-order valence-corrected chi connectivity index (χ3v) is 5.02. The summed E-state index contributed by atoms with van der Waals surface area (Å²) in [6.45, 7) is 3.57. The number of nitrogens with zero attached hydrogens (tertiary/aromatic N) is 4. The van der Waals surface area contributed by atoms with Gasteiger partial charge in [-0.1, -0.05) is 42.7 Å². The summed E-state index contributed by atoms with van der Waals surface area (Å²) < 4.78 is 16.7. The minimum absolute atomic E-state index is 0.0133. The zero-order chi connectivity index (χ0) is 24.8. The lowest BCUT2D eigenvalue weighted by Crippen LogP contribution is -2.44. The Morgan fingerprint density at radius 1 is 1.32 bits per heavy atom. The van der Waals surface area contributed by atoms with E-state index >= 15 is 0 Å². The average Bonchev–Trinajstić information content (AvgIpc) is 3.26. The van der Waals surface area contributed by atoms with Crippen molar-refractivity contribution in [2.24, 2.45) is 5.92 Å². The third kappa shape index (κ3) is 5.64. The number of anilines is 2. The number of hydrogen-bond donors (Lipinski definition) is 2. The fraction of sp³-hybridized carbons (Fsp3) is 0.381. The highest BCUT2D eigenvalue weighted by Gasteiger charge is 2.25. The van der Waals surface area contributed by atoms with Gasteiger partial charge in [0.15, 0.2) is 12.3 Å². The van der Waals surface area contributed by atoms with Crippen LogP contribution in [0.2, 0.25) is 5.02 Å². The quantitative estimate of drug-likeness (QED) is 0.428. The van der Waals surface area contributed by atoms with Crippen molar-refractivity contribution >= 4 is 29.0 Å². The van der Waals surface area contributed by atoms with Crippen LogP contribution in [0, 0.1) is 5.92 Å². The van der Waals surface area contributed by atoms with E-state index in [2.05, 4.69) is 15.1 Å². The van der Waals surface area contributed by atoms with Crippen molar-refractivity contribution in [3.8, 4) is 17.5 Å². The summed E-state index contributed by atoms with van der Waals surface area (Å²) in [5.74, 6) is -0.520. The molecule has 0 saturated heterocycles. The molecule has 0 aliphatic carbocycles. The van der Waals surface area contributed by atoms with Crippen molar-refractivity contribution in [1.82, 2.24) is 19.7 Å². The maximum atomic E-state index is 13.0. The number of benzene rings is 1. The highest BCUT2D eigenvalue weighted by molar-refractivity contribution is 6.33. The van der Waals surface area contributed by atoms with E-state index in [-0.39, 0.29) is 49.0 Å². The number of nitrogens with one attached hydrogen (secondary N) is 1. The number of carbonyl (C=O) groups is 1. The predicted molar refractivity (Wildman–Crippen MR) is 125 cm³/mol. The Hall–Kier alpha value is -3.64. The molecule has 0 unspecified atom stereocenters. The molecule has 2 aromatic heterocycles. The third-order valence-electron chi connectivity index (χ3n) is 4.69. The Bertz CT molecular complexity index is 1270. The van der Waals surface area contributed by atoms with E-state index in [1.54, 1.807) is 24.3 Å². The van der Waals surface area contributed by atoms with Gasteiger partial charge >= 0.3 is 11.8 Å². The van der Waals surface area contributed by atoms with E-state index in [4.69, 9.17) is 31.3 Å². The van der Waals surface area contributed by atoms with Gasteiger partial charge in [-0.05, 0) is 18.1 Å². The number of aromatic nitrogens is 4. The number of methoxy groups -OCH3 is 1. The molecule has 3 N–H and O–H groups in total. The number of rotatable bonds is 10. The monoisotopic (exact) mass is 492 g/mol. The topological polar surface area (TPSA) is 159 Å². The summed E-state index contributed by atoms with van der Waals surface area (Å²) >= 11 is 6.13. The molecule has 0 aliphatic heterocycles. The van der Waals surface area contributed by atoms with Crippen LogP contribution in [-0.2, 0) is 16.1 Å². The zero-order valence-corrected chi connectivity index (χ0v) is 19.7. The number of aromatic amines is 1. The van der Waals surface area contributed by atoms with E-state index in [9.17, 15) is 14.4 Å². The molecular weight excluding hydrogens is 468 g/mol. The second kappa shape index (κ2) is 11.0. The second-order valence-corrected chi connectivity index (χ2v) is 8.10. The lowest BCUT2D eigenvalue weighted by atomic mass is 10.2. The smallest absolute Gasteiger partial charge is 0.418 e. The normalized spacial score (nSPS) is 11.1. The molecule has 1 amide bonds. The number of halogens is 1. The van der Waals surface area contributed by atoms with E-state index in [0.717, 1.165) is 4.90 Å². The first-order chi connectivity index (χ1) is 16.2. The van der Waals surface area contributed by atoms with Gasteiger partial charge in [-0.2, -0.15) is 4.98 Å². The van der Waals surface area contributed by atoms with Crippen LogP contribution in [0.5, 0.6) is 6.08 Å². The SMILES string of the molecule is COCCN(C(=O)COc1nc(-c2ccccc2Cl)no1)c1c(N)n(CC(C)C)c(=O)[nH]c1=O. The van der Waals surface area contributed by atoms with Crippen molar-refractivity contribution in [2.45, 2.75) is 20.4 Å². The van der Waals surface area contributed by atoms with Crippen LogP contribution in [0.3, 0.4) is 0 Å². The van der Waals surface area contributed by atoms with Crippen LogP contribution in [-0.4, -0.2) is 52.5 Å². The van der Waals surface area contributed by atoms with E-state index < -0.39 is 23.8 Å². The second-order valence-electron chi connectivity index (χ2n) is 7.69. The summed E-state index contributed by atoms with van der Waals surface area (Å²) in [7, 11) is 1.45. The maximum Gasteiger partial charge on any atom is 0.418 e. The molecule has 0 spiro atoms. The molecule has 1 aromatic carbocycles. The molecule has 3 rings (SSSR count). The van der Waals surface area contributed by atoms with E-state index in [1.807, 2.05) is 13.8 Å². The number of ether oxygens (including phenoxy) is 2. The van der Waals surface area contributed by atoms with Crippen LogP contribution in [0.15, 0.2) is 38.4 Å². The van der Waals surface area contributed by atoms with E-state index in [0.29, 0.717) is 10.6 Å². The van der Waals surface area contributed by atoms with Gasteiger partial charge < -0.3 is 15.2 Å². The summed E-state index contributed by atoms with van der Waals surface area (Å²) in [5, 5.41) is 4.22. The maximum absolute atomic E-state index is 13.0. The number of H-pyrrole nitrogens is 1. The lowest BCUT2D eigenvalue weighted by molar-refractivity contribution is -0.121. The first-order valence-electron chi connectivity index (χ1n) is 10.4. The molecule has 12 nitrogen and oxygen atoms in total. The van der Waals surface area contributed by atoms with Gasteiger partial charge in [-0.3, -0.25) is 28.6 Å². The minimum Gasteiger partial charge on any atom is -0.439 e. The standard InChI is InChI=1S/C21H25ClN6O6/c1-12(2)10-28-17(23)16(19(30)25-20(28)31)27(8-9-32-3)15(29)11-33-21-24-18(26-34-21)13-6-4-5-7-14(13)22/h4-7,12H,8-11,23H2,1-3H3,(H,25,30,31). The lowest BCUT2D eigenvalue weighted by Gasteiger charge is -2.24. The molecular formula is C21H25ClN6O6. The van der Waals surface area contributed by atoms with Crippen LogP contribution < -0.4 is 26.6 Å². The highest BCUT2D eigenvalue weighted by Crippen LogP contribution is 2.26. The number of carbonyl (C=O) groups excluding carboxylic acids is 1. The first-order valence-corrected chi connectivity index (χ1v) is 10.7. The van der Waals surface area contributed by atoms with Crippen molar-refractivity contribution < 1.29 is 18.8 Å². The fourth-order valence-electron chi connectivity index (χ4n) is 3.15. The Balaban J connectivity index is 1.84. The molecule has 13 heteroatoms. The van der Waals surface area contributed by atoms with Crippen molar-refractivity contribution in [3.05, 3.63) is 50.1 Å². The molecule has 0 saturated carbocycles. The van der Waals surface area contributed by atoms with Crippen LogP contribution in [0.25, 0.3) is 11.4 Å². The van der Waals surface area contributed by atoms with Gasteiger partial charge in [0.05, 0.1) is 11.6 Å². The van der Waals surface area contributed by atoms with Crippen molar-refractivity contribution in [2.75, 3.05) is 37.5 Å². The van der Waals surface area contributed by atoms with Gasteiger partial charge in [0, 0.05) is 25.8 Å². The molecule has 0 aliphatic rings. The van der Waals surface area contributed by atoms with Crippen molar-refractivity contribution in [1.29, 1.82) is 0 Å². The molecule has 0 bridgehead atoms. The number of nitrogens with two attached hydrogens (primary N) is 1. The minimum atomic E-state index is -0.800. The Kier molecular flexibility index (Phi) is 8.08. The highest BCUT2D eigenvalue weighted by atomic mass is 35.5. The average molecular weight is 493 g/mol. The van der Waals surface area contributed by atoms with Crippen LogP contribution in [0.4, 0.5) is 11.5 Å². The summed E-state index contributed by atoms with van der Waals surface area (Å²) in [6, 6.07) is 6.89. The molecule has 34 heavy (non-hydrogen) atoms. The Morgan fingerprint density at radius 2 is 2.06 bits per heavy atom. The summed E-state index contributed by atoms with van der Waals surface area (Å²) in [6.07, 6.45) is -0.262. The van der Waals surface area contributed by atoms with Gasteiger partial charge in [-0.25, -0.2) is 4.79 Å². The van der Waals surface area contributed by atoms with Gasteiger partial charge in [0.25, 0.3) is 11.5 Å². The van der Waals surface area contributed by atoms with Crippen LogP contribution in [0.1, 0.15) is 13.8 Å². The number of hydrogen-bond acceptors (Lipinski definition) is 9. The molecule has 182 valence electrons. The van der Waals surface area contributed by atoms with Gasteiger partial charge in [0.2, 0.25) is 5.82 Å². The van der Waals surface area contributed by atoms with Crippen molar-refractivity contribution in [3.63, 3.8) is 0 Å². The predicted octanol–water partition coefficient (Wildman–Crippen LogP) is 1.54. The number of amides is 1. The first kappa shape index (κ1) is 25.0. The van der Waals surface area contributed by atoms with Gasteiger partial charge in [0.1, 0.15) is 5.82 Å². The molecule has 0 atom stereocenters. The summed E-state index contributed by atoms with van der Waals surface area (Å²) in [4.78, 5) is 45.2. The molecule has 2 heterocycles. The number of nitrogen functional groups attached to an aromatic ring is 1. The molecule has 0 radical (unpaired) electrons. The van der Waals surface area contributed by atoms with Crippen LogP contribution >= 0.6 is 11.6 Å². The molecule has 3 aromatic rings. The zero-order valence-electron chi connectivity index (χ0n) is 18.9. The Labute approximate surface area is 199 Å². The Morgan fingerprint density at radius 3 is 2.74 bits per heavy atom. The summed E-state index contributed by atoms with van der Waals surface area (Å²) in [5.41, 5.74) is 5.04. The van der Waals surface area contributed by atoms with E-state index in [1.165, 1.54) is 11.7 Å². The largest absolute Gasteiger partial charge is 0.439 e. The fourth-order valence-corrected chi connectivity index (χ4v) is 3.37. The van der Waals surface area contributed by atoms with Gasteiger partial charge in [-0.15, -0.1) is 0 Å².